The van der Waals surface area contributed by atoms with Crippen LogP contribution in [0.4, 0.5) is 0 Å². The van der Waals surface area contributed by atoms with Crippen LogP contribution in [0.2, 0.25) is 0 Å². The average Bonchev–Trinajstić information content (AvgIpc) is 2.40. The fourth-order valence-electron chi connectivity index (χ4n) is 1.05. The number of hydrogen-bond donors (Lipinski definition) is 0. The molecule has 1 aliphatic carbocycles. The van der Waals surface area contributed by atoms with Crippen molar-refractivity contribution in [1.82, 2.24) is 0 Å². The molecule has 0 unspecified atom stereocenters. The Morgan fingerprint density at radius 3 is 2.45 bits per heavy atom. The Morgan fingerprint density at radius 1 is 1.55 bits per heavy atom. The minimum absolute atomic E-state index is 0.130. The second-order valence-electron chi connectivity index (χ2n) is 2.27. The Labute approximate surface area is 64.9 Å². The molecule has 58 valence electrons. The van der Waals surface area contributed by atoms with Crippen molar-refractivity contribution in [3.8, 4) is 0 Å². The van der Waals surface area contributed by atoms with E-state index in [1.165, 1.54) is 6.08 Å². The van der Waals surface area contributed by atoms with Crippen LogP contribution in [-0.2, 0) is 0 Å². The molecule has 0 fully saturated rings. The predicted octanol–water partition coefficient (Wildman–Crippen LogP) is 1.91. The topological polar surface area (TPSA) is 43.1 Å². The van der Waals surface area contributed by atoms with E-state index in [-0.39, 0.29) is 16.5 Å². The van der Waals surface area contributed by atoms with E-state index in [9.17, 15) is 10.1 Å². The third-order valence-electron chi connectivity index (χ3n) is 1.60. The highest BCUT2D eigenvalue weighted by atomic mass is 16.6. The lowest BCUT2D eigenvalue weighted by Crippen LogP contribution is -2.05. The minimum atomic E-state index is -0.343. The quantitative estimate of drug-likeness (QED) is 0.447. The third kappa shape index (κ3) is 1.55. The first-order chi connectivity index (χ1) is 5.25. The Kier molecular flexibility index (Phi) is 2.21. The lowest BCUT2D eigenvalue weighted by molar-refractivity contribution is -0.430. The molecule has 0 aromatic heterocycles. The molecule has 0 heterocycles. The summed E-state index contributed by atoms with van der Waals surface area (Å²) in [5.41, 5.74) is 0.245. The van der Waals surface area contributed by atoms with Gasteiger partial charge in [-0.1, -0.05) is 24.3 Å². The Morgan fingerprint density at radius 2 is 2.09 bits per heavy atom. The number of rotatable bonds is 2. The van der Waals surface area contributed by atoms with Gasteiger partial charge in [0.05, 0.1) is 10.8 Å². The summed E-state index contributed by atoms with van der Waals surface area (Å²) in [6.07, 6.45) is 8.77. The monoisotopic (exact) mass is 151 g/mol. The zero-order chi connectivity index (χ0) is 8.27. The van der Waals surface area contributed by atoms with Crippen LogP contribution >= 0.6 is 0 Å². The molecular weight excluding hydrogens is 142 g/mol. The molecule has 0 aliphatic heterocycles. The maximum atomic E-state index is 10.4. The fraction of sp³-hybridized carbons (Fsp3) is 0.250. The molecule has 0 bridgehead atoms. The molecule has 0 N–H and O–H groups in total. The van der Waals surface area contributed by atoms with E-state index in [0.29, 0.717) is 0 Å². The van der Waals surface area contributed by atoms with Crippen LogP contribution in [0, 0.1) is 16.0 Å². The lowest BCUT2D eigenvalue weighted by atomic mass is 10.1. The van der Waals surface area contributed by atoms with Crippen molar-refractivity contribution in [3.63, 3.8) is 0 Å². The van der Waals surface area contributed by atoms with Crippen molar-refractivity contribution in [3.05, 3.63) is 46.2 Å². The van der Waals surface area contributed by atoms with Crippen LogP contribution in [0.25, 0.3) is 0 Å². The van der Waals surface area contributed by atoms with E-state index >= 15 is 0 Å². The fourth-order valence-corrected chi connectivity index (χ4v) is 1.05. The van der Waals surface area contributed by atoms with Gasteiger partial charge >= 0.3 is 0 Å². The highest BCUT2D eigenvalue weighted by Crippen LogP contribution is 2.18. The van der Waals surface area contributed by atoms with Crippen LogP contribution in [0.3, 0.4) is 0 Å². The summed E-state index contributed by atoms with van der Waals surface area (Å²) in [4.78, 5) is 10.0. The van der Waals surface area contributed by atoms with E-state index in [2.05, 4.69) is 0 Å². The van der Waals surface area contributed by atoms with Crippen molar-refractivity contribution in [2.75, 3.05) is 0 Å². The summed E-state index contributed by atoms with van der Waals surface area (Å²) in [5, 5.41) is 10.4. The molecule has 0 aromatic rings. The van der Waals surface area contributed by atoms with Crippen LogP contribution in [0.1, 0.15) is 6.92 Å². The van der Waals surface area contributed by atoms with Gasteiger partial charge in [-0.3, -0.25) is 10.1 Å². The first kappa shape index (κ1) is 7.72. The van der Waals surface area contributed by atoms with Gasteiger partial charge in [0.2, 0.25) is 0 Å². The molecular formula is C8H9NO2. The van der Waals surface area contributed by atoms with E-state index in [1.54, 1.807) is 19.1 Å². The first-order valence-electron chi connectivity index (χ1n) is 3.41. The Balaban J connectivity index is 2.79. The van der Waals surface area contributed by atoms with Gasteiger partial charge in [-0.2, -0.15) is 0 Å². The Bertz CT molecular complexity index is 239. The molecule has 1 rings (SSSR count). The molecule has 0 atom stereocenters. The standard InChI is InChI=1S/C8H9NO2/c1-2-8(9(10)11)7-5-3-4-6-7/h2-7H,1H3. The molecule has 0 radical (unpaired) electrons. The summed E-state index contributed by atoms with van der Waals surface area (Å²) < 4.78 is 0. The first-order valence-corrected chi connectivity index (χ1v) is 3.41. The van der Waals surface area contributed by atoms with Crippen molar-refractivity contribution >= 4 is 0 Å². The van der Waals surface area contributed by atoms with E-state index in [0.717, 1.165) is 0 Å². The molecule has 3 heteroatoms. The second kappa shape index (κ2) is 3.14. The van der Waals surface area contributed by atoms with Crippen molar-refractivity contribution in [2.45, 2.75) is 6.92 Å². The maximum absolute atomic E-state index is 10.4. The summed E-state index contributed by atoms with van der Waals surface area (Å²) in [5.74, 6) is -0.130. The largest absolute Gasteiger partial charge is 0.259 e. The summed E-state index contributed by atoms with van der Waals surface area (Å²) in [6, 6.07) is 0. The molecule has 11 heavy (non-hydrogen) atoms. The average molecular weight is 151 g/mol. The predicted molar refractivity (Wildman–Crippen MR) is 42.5 cm³/mol. The zero-order valence-corrected chi connectivity index (χ0v) is 6.23. The van der Waals surface area contributed by atoms with Crippen LogP contribution in [-0.4, -0.2) is 4.92 Å². The molecule has 1 aliphatic rings. The van der Waals surface area contributed by atoms with Gasteiger partial charge in [-0.05, 0) is 13.0 Å². The number of nitrogens with zero attached hydrogens (tertiary/aromatic N) is 1. The number of allylic oxidation sites excluding steroid dienone is 4. The van der Waals surface area contributed by atoms with Gasteiger partial charge in [-0.25, -0.2) is 0 Å². The van der Waals surface area contributed by atoms with E-state index < -0.39 is 0 Å². The molecule has 0 aromatic carbocycles. The SMILES string of the molecule is CC=C(C1C=CC=C1)[N+](=O)[O-]. The molecule has 0 saturated heterocycles. The Hall–Kier alpha value is -1.38. The van der Waals surface area contributed by atoms with E-state index in [1.807, 2.05) is 12.2 Å². The van der Waals surface area contributed by atoms with Gasteiger partial charge in [-0.15, -0.1) is 0 Å². The van der Waals surface area contributed by atoms with Gasteiger partial charge < -0.3 is 0 Å². The molecule has 3 nitrogen and oxygen atoms in total. The minimum Gasteiger partial charge on any atom is -0.259 e. The van der Waals surface area contributed by atoms with Crippen molar-refractivity contribution in [1.29, 1.82) is 0 Å². The maximum Gasteiger partial charge on any atom is 0.252 e. The highest BCUT2D eigenvalue weighted by Gasteiger charge is 2.19. The smallest absolute Gasteiger partial charge is 0.252 e. The zero-order valence-electron chi connectivity index (χ0n) is 6.23. The second-order valence-corrected chi connectivity index (χ2v) is 2.27. The van der Waals surface area contributed by atoms with Crippen LogP contribution < -0.4 is 0 Å². The van der Waals surface area contributed by atoms with Crippen molar-refractivity contribution < 1.29 is 4.92 Å². The van der Waals surface area contributed by atoms with Gasteiger partial charge in [0.1, 0.15) is 0 Å². The van der Waals surface area contributed by atoms with Gasteiger partial charge in [0.25, 0.3) is 5.70 Å². The number of hydrogen-bond acceptors (Lipinski definition) is 2. The highest BCUT2D eigenvalue weighted by molar-refractivity contribution is 5.25. The van der Waals surface area contributed by atoms with Gasteiger partial charge in [0.15, 0.2) is 0 Å². The van der Waals surface area contributed by atoms with Crippen molar-refractivity contribution in [2.24, 2.45) is 5.92 Å². The van der Waals surface area contributed by atoms with Gasteiger partial charge in [0, 0.05) is 0 Å². The molecule has 0 amide bonds. The molecule has 0 saturated carbocycles. The summed E-state index contributed by atoms with van der Waals surface area (Å²) in [7, 11) is 0. The van der Waals surface area contributed by atoms with Crippen LogP contribution in [0.5, 0.6) is 0 Å². The normalized spacial score (nSPS) is 17.7. The third-order valence-corrected chi connectivity index (χ3v) is 1.60. The number of nitro groups is 1. The summed E-state index contributed by atoms with van der Waals surface area (Å²) >= 11 is 0. The lowest BCUT2D eigenvalue weighted by Gasteiger charge is -1.99. The van der Waals surface area contributed by atoms with Crippen LogP contribution in [0.15, 0.2) is 36.1 Å². The van der Waals surface area contributed by atoms with E-state index in [4.69, 9.17) is 0 Å². The summed E-state index contributed by atoms with van der Waals surface area (Å²) in [6.45, 7) is 1.68. The molecule has 0 spiro atoms.